The summed E-state index contributed by atoms with van der Waals surface area (Å²) < 4.78 is 0. The molecule has 4 aliphatic rings. The summed E-state index contributed by atoms with van der Waals surface area (Å²) in [5.74, 6) is 1.88. The Morgan fingerprint density at radius 2 is 1.70 bits per heavy atom. The predicted molar refractivity (Wildman–Crippen MR) is 133 cm³/mol. The van der Waals surface area contributed by atoms with Crippen molar-refractivity contribution in [1.29, 1.82) is 0 Å². The van der Waals surface area contributed by atoms with Crippen molar-refractivity contribution in [3.05, 3.63) is 23.3 Å². The van der Waals surface area contributed by atoms with Crippen molar-refractivity contribution in [2.45, 2.75) is 100 Å². The van der Waals surface area contributed by atoms with Crippen LogP contribution in [0.3, 0.4) is 0 Å². The van der Waals surface area contributed by atoms with Gasteiger partial charge in [-0.25, -0.2) is 0 Å². The Kier molecular flexibility index (Phi) is 5.78. The van der Waals surface area contributed by atoms with Crippen LogP contribution < -0.4 is 0 Å². The van der Waals surface area contributed by atoms with Crippen molar-refractivity contribution < 1.29 is 14.4 Å². The molecule has 0 aromatic carbocycles. The highest BCUT2D eigenvalue weighted by atomic mass is 16.1. The molecule has 0 unspecified atom stereocenters. The summed E-state index contributed by atoms with van der Waals surface area (Å²) in [5.41, 5.74) is 1.55. The molecule has 0 aromatic rings. The molecule has 3 heteroatoms. The third kappa shape index (κ3) is 3.39. The number of Topliss-reactive ketones (excluding diaryl/α,β-unsaturated/α-hetero) is 1. The number of hydrogen-bond donors (Lipinski definition) is 0. The van der Waals surface area contributed by atoms with E-state index in [2.05, 4.69) is 27.7 Å². The van der Waals surface area contributed by atoms with E-state index in [1.807, 2.05) is 33.8 Å². The number of carbonyl (C=O) groups excluding carboxylic acids is 3. The lowest BCUT2D eigenvalue weighted by Gasteiger charge is -2.64. The lowest BCUT2D eigenvalue weighted by molar-refractivity contribution is -0.163. The third-order valence-electron chi connectivity index (χ3n) is 11.1. The molecule has 3 fully saturated rings. The van der Waals surface area contributed by atoms with Crippen LogP contribution in [0.15, 0.2) is 23.3 Å². The Morgan fingerprint density at radius 3 is 2.33 bits per heavy atom. The molecule has 3 nitrogen and oxygen atoms in total. The number of hydrogen-bond acceptors (Lipinski definition) is 3. The fourth-order valence-corrected chi connectivity index (χ4v) is 9.14. The van der Waals surface area contributed by atoms with Crippen LogP contribution >= 0.6 is 0 Å². The van der Waals surface area contributed by atoms with Gasteiger partial charge in [-0.15, -0.1) is 0 Å². The van der Waals surface area contributed by atoms with Gasteiger partial charge in [-0.3, -0.25) is 14.4 Å². The van der Waals surface area contributed by atoms with Crippen molar-refractivity contribution in [2.24, 2.45) is 45.3 Å². The molecule has 0 bridgehead atoms. The van der Waals surface area contributed by atoms with E-state index in [0.717, 1.165) is 43.3 Å². The Morgan fingerprint density at radius 1 is 1.03 bits per heavy atom. The van der Waals surface area contributed by atoms with E-state index >= 15 is 0 Å². The molecule has 7 atom stereocenters. The average molecular weight is 453 g/mol. The summed E-state index contributed by atoms with van der Waals surface area (Å²) in [6.45, 7) is 17.4. The van der Waals surface area contributed by atoms with E-state index in [0.29, 0.717) is 30.6 Å². The molecule has 0 aliphatic heterocycles. The molecule has 4 rings (SSSR count). The van der Waals surface area contributed by atoms with Crippen molar-refractivity contribution >= 4 is 17.3 Å². The number of rotatable bonds is 4. The van der Waals surface area contributed by atoms with E-state index in [4.69, 9.17) is 0 Å². The monoisotopic (exact) mass is 452 g/mol. The van der Waals surface area contributed by atoms with E-state index < -0.39 is 5.41 Å². The molecule has 0 radical (unpaired) electrons. The summed E-state index contributed by atoms with van der Waals surface area (Å²) in [6.07, 6.45) is 10.1. The standard InChI is InChI=1S/C30H44O3/c1-18(2)15-20(31)16-19(3)21-11-12-30(8)26-24(32)17-23-22(9-10-25(33)27(23,4)5)28(26,6)13-14-29(21,30)7/h15,17,19,21-22,26H,9-14,16H2,1-8H3/t19-,21-,22-,26-,28+,29-,30+/m1/s1. The quantitative estimate of drug-likeness (QED) is 0.436. The first-order valence-corrected chi connectivity index (χ1v) is 13.2. The predicted octanol–water partition coefficient (Wildman–Crippen LogP) is 6.90. The fraction of sp³-hybridized carbons (Fsp3) is 0.767. The second-order valence-corrected chi connectivity index (χ2v) is 13.4. The zero-order chi connectivity index (χ0) is 24.6. The Bertz CT molecular complexity index is 948. The molecule has 0 spiro atoms. The summed E-state index contributed by atoms with van der Waals surface area (Å²) >= 11 is 0. The molecule has 0 aromatic heterocycles. The van der Waals surface area contributed by atoms with Crippen LogP contribution in [0.5, 0.6) is 0 Å². The largest absolute Gasteiger partial charge is 0.299 e. The first-order valence-electron chi connectivity index (χ1n) is 13.2. The molecule has 33 heavy (non-hydrogen) atoms. The zero-order valence-electron chi connectivity index (χ0n) is 22.1. The maximum atomic E-state index is 13.9. The topological polar surface area (TPSA) is 51.2 Å². The number of fused-ring (bicyclic) bond motifs is 5. The normalized spacial score (nSPS) is 42.5. The van der Waals surface area contributed by atoms with Gasteiger partial charge in [0, 0.05) is 24.2 Å². The minimum absolute atomic E-state index is 0.00665. The fourth-order valence-electron chi connectivity index (χ4n) is 9.14. The number of ketones is 3. The highest BCUT2D eigenvalue weighted by Gasteiger charge is 2.69. The minimum Gasteiger partial charge on any atom is -0.299 e. The molecule has 0 heterocycles. The zero-order valence-corrected chi connectivity index (χ0v) is 22.1. The van der Waals surface area contributed by atoms with E-state index in [-0.39, 0.29) is 39.5 Å². The van der Waals surface area contributed by atoms with Crippen LogP contribution in [-0.2, 0) is 14.4 Å². The lowest BCUT2D eigenvalue weighted by Crippen LogP contribution is -2.61. The van der Waals surface area contributed by atoms with Gasteiger partial charge in [0.1, 0.15) is 5.78 Å². The highest BCUT2D eigenvalue weighted by Crippen LogP contribution is 2.74. The van der Waals surface area contributed by atoms with Crippen LogP contribution in [0.1, 0.15) is 100 Å². The average Bonchev–Trinajstić information content (AvgIpc) is 2.96. The van der Waals surface area contributed by atoms with Gasteiger partial charge < -0.3 is 0 Å². The van der Waals surface area contributed by atoms with Gasteiger partial charge in [0.2, 0.25) is 0 Å². The van der Waals surface area contributed by atoms with Crippen molar-refractivity contribution in [1.82, 2.24) is 0 Å². The molecular formula is C30H44O3. The molecule has 4 aliphatic carbocycles. The first-order chi connectivity index (χ1) is 15.2. The molecule has 0 amide bonds. The summed E-state index contributed by atoms with van der Waals surface area (Å²) in [4.78, 5) is 39.2. The Labute approximate surface area is 200 Å². The Balaban J connectivity index is 1.70. The van der Waals surface area contributed by atoms with Gasteiger partial charge >= 0.3 is 0 Å². The van der Waals surface area contributed by atoms with Gasteiger partial charge in [0.25, 0.3) is 0 Å². The summed E-state index contributed by atoms with van der Waals surface area (Å²) in [6, 6.07) is 0. The molecular weight excluding hydrogens is 408 g/mol. The van der Waals surface area contributed by atoms with Crippen LogP contribution in [0.2, 0.25) is 0 Å². The second-order valence-electron chi connectivity index (χ2n) is 13.4. The smallest absolute Gasteiger partial charge is 0.159 e. The van der Waals surface area contributed by atoms with Crippen molar-refractivity contribution in [2.75, 3.05) is 0 Å². The molecule has 0 N–H and O–H groups in total. The van der Waals surface area contributed by atoms with E-state index in [1.54, 1.807) is 6.08 Å². The highest BCUT2D eigenvalue weighted by molar-refractivity contribution is 5.98. The van der Waals surface area contributed by atoms with Gasteiger partial charge in [0.05, 0.1) is 0 Å². The van der Waals surface area contributed by atoms with Gasteiger partial charge in [-0.1, -0.05) is 33.3 Å². The first kappa shape index (κ1) is 24.6. The van der Waals surface area contributed by atoms with Crippen LogP contribution in [0, 0.1) is 45.3 Å². The summed E-state index contributed by atoms with van der Waals surface area (Å²) in [5, 5.41) is 0. The van der Waals surface area contributed by atoms with Gasteiger partial charge in [0.15, 0.2) is 11.6 Å². The van der Waals surface area contributed by atoms with E-state index in [9.17, 15) is 14.4 Å². The molecule has 3 saturated carbocycles. The molecule has 0 saturated heterocycles. The van der Waals surface area contributed by atoms with Crippen molar-refractivity contribution in [3.63, 3.8) is 0 Å². The van der Waals surface area contributed by atoms with Crippen molar-refractivity contribution in [3.8, 4) is 0 Å². The maximum Gasteiger partial charge on any atom is 0.159 e. The van der Waals surface area contributed by atoms with Crippen LogP contribution in [0.25, 0.3) is 0 Å². The maximum absolute atomic E-state index is 13.9. The van der Waals surface area contributed by atoms with Gasteiger partial charge in [-0.2, -0.15) is 0 Å². The molecule has 182 valence electrons. The second kappa shape index (κ2) is 7.75. The lowest BCUT2D eigenvalue weighted by atomic mass is 9.39. The number of allylic oxidation sites excluding steroid dienone is 4. The minimum atomic E-state index is -0.522. The van der Waals surface area contributed by atoms with Crippen LogP contribution in [0.4, 0.5) is 0 Å². The summed E-state index contributed by atoms with van der Waals surface area (Å²) in [7, 11) is 0. The van der Waals surface area contributed by atoms with Crippen LogP contribution in [-0.4, -0.2) is 17.3 Å². The van der Waals surface area contributed by atoms with E-state index in [1.165, 1.54) is 0 Å². The number of carbonyl (C=O) groups is 3. The van der Waals surface area contributed by atoms with Gasteiger partial charge in [-0.05, 0) is 112 Å². The third-order valence-corrected chi connectivity index (χ3v) is 11.1. The Hall–Kier alpha value is -1.51. The SMILES string of the molecule is CC(C)=CC(=O)C[C@@H](C)[C@H]1CC[C@@]2(C)[C@@H]3C(=O)C=C4[C@@H](CCC(=O)C4(C)C)[C@]3(C)CC[C@]12C.